The lowest BCUT2D eigenvalue weighted by molar-refractivity contribution is -0.251. The number of amides is 1. The van der Waals surface area contributed by atoms with Gasteiger partial charge < -0.3 is 10.0 Å². The van der Waals surface area contributed by atoms with Crippen LogP contribution in [0.25, 0.3) is 0 Å². The molecule has 1 N–H and O–H groups in total. The Hall–Kier alpha value is -2.23. The molecule has 29 heavy (non-hydrogen) atoms. The lowest BCUT2D eigenvalue weighted by Gasteiger charge is -2.43. The summed E-state index contributed by atoms with van der Waals surface area (Å²) in [6.07, 6.45) is -2.58. The molecule has 1 amide bonds. The van der Waals surface area contributed by atoms with Crippen LogP contribution in [0.2, 0.25) is 0 Å². The number of benzene rings is 1. The van der Waals surface area contributed by atoms with E-state index in [0.717, 1.165) is 17.0 Å². The molecule has 2 aliphatic rings. The quantitative estimate of drug-likeness (QED) is 0.765. The number of piperidine rings is 1. The minimum Gasteiger partial charge on any atom is -0.373 e. The summed E-state index contributed by atoms with van der Waals surface area (Å²) in [5, 5.41) is 15.3. The van der Waals surface area contributed by atoms with Gasteiger partial charge in [-0.25, -0.2) is 8.78 Å². The molecule has 2 heterocycles. The zero-order valence-electron chi connectivity index (χ0n) is 16.0. The fraction of sp³-hybridized carbons (Fsp3) is 0.579. The molecule has 1 fully saturated rings. The van der Waals surface area contributed by atoms with E-state index in [2.05, 4.69) is 5.10 Å². The van der Waals surface area contributed by atoms with Crippen molar-refractivity contribution in [1.82, 2.24) is 4.90 Å². The number of anilines is 1. The summed E-state index contributed by atoms with van der Waals surface area (Å²) >= 11 is 0. The highest BCUT2D eigenvalue weighted by Crippen LogP contribution is 2.38. The Kier molecular flexibility index (Phi) is 5.59. The first-order valence-electron chi connectivity index (χ1n) is 9.28. The first kappa shape index (κ1) is 21.5. The maximum atomic E-state index is 14.2. The van der Waals surface area contributed by atoms with Gasteiger partial charge in [-0.1, -0.05) is 6.92 Å². The molecule has 0 bridgehead atoms. The third-order valence-electron chi connectivity index (χ3n) is 5.75. The molecule has 10 heteroatoms. The molecule has 1 aromatic rings. The third-order valence-corrected chi connectivity index (χ3v) is 5.75. The number of likely N-dealkylation sites (tertiary alicyclic amines) is 1. The largest absolute Gasteiger partial charge is 0.426 e. The van der Waals surface area contributed by atoms with Crippen molar-refractivity contribution in [2.45, 2.75) is 44.5 Å². The lowest BCUT2D eigenvalue weighted by Crippen LogP contribution is -2.59. The first-order valence-corrected chi connectivity index (χ1v) is 9.28. The molecule has 0 spiro atoms. The number of halogens is 5. The number of carbonyl (C=O) groups excluding carboxylic acids is 1. The number of hydrazone groups is 1. The standard InChI is InChI=1S/C19H22F5N3O2/c1-11-10-26(17(28)18(2,29)19(22,23)24)8-6-13(11)15-5-7-25-27(15)16-4-3-12(20)9-14(16)21/h3-4,7,9,11,13,15,29H,5-6,8,10H2,1-2H3/t11-,13+,15?,18-/m1/s1. The van der Waals surface area contributed by atoms with E-state index in [4.69, 9.17) is 0 Å². The number of hydrogen-bond acceptors (Lipinski definition) is 4. The Morgan fingerprint density at radius 1 is 1.28 bits per heavy atom. The molecule has 0 radical (unpaired) electrons. The molecule has 0 aliphatic carbocycles. The highest BCUT2D eigenvalue weighted by molar-refractivity contribution is 5.85. The molecule has 4 atom stereocenters. The highest BCUT2D eigenvalue weighted by atomic mass is 19.4. The van der Waals surface area contributed by atoms with Crippen molar-refractivity contribution in [2.24, 2.45) is 16.9 Å². The van der Waals surface area contributed by atoms with Crippen molar-refractivity contribution in [1.29, 1.82) is 0 Å². The molecule has 2 aliphatic heterocycles. The van der Waals surface area contributed by atoms with Crippen molar-refractivity contribution < 1.29 is 31.9 Å². The molecular weight excluding hydrogens is 397 g/mol. The van der Waals surface area contributed by atoms with Crippen LogP contribution in [-0.2, 0) is 4.79 Å². The second-order valence-electron chi connectivity index (χ2n) is 7.79. The summed E-state index contributed by atoms with van der Waals surface area (Å²) in [5.41, 5.74) is -3.32. The second-order valence-corrected chi connectivity index (χ2v) is 7.79. The maximum absolute atomic E-state index is 14.2. The maximum Gasteiger partial charge on any atom is 0.426 e. The van der Waals surface area contributed by atoms with Gasteiger partial charge in [0.15, 0.2) is 5.82 Å². The van der Waals surface area contributed by atoms with Crippen LogP contribution in [0.3, 0.4) is 0 Å². The molecule has 160 valence electrons. The number of rotatable bonds is 3. The Labute approximate surface area is 164 Å². The number of aliphatic hydroxyl groups is 1. The van der Waals surface area contributed by atoms with E-state index in [1.807, 2.05) is 0 Å². The Morgan fingerprint density at radius 2 is 1.97 bits per heavy atom. The van der Waals surface area contributed by atoms with Gasteiger partial charge in [-0.05, 0) is 37.3 Å². The summed E-state index contributed by atoms with van der Waals surface area (Å²) < 4.78 is 66.4. The first-order chi connectivity index (χ1) is 13.4. The van der Waals surface area contributed by atoms with Crippen LogP contribution >= 0.6 is 0 Å². The van der Waals surface area contributed by atoms with Crippen LogP contribution in [0, 0.1) is 23.5 Å². The van der Waals surface area contributed by atoms with Crippen LogP contribution in [0.15, 0.2) is 23.3 Å². The van der Waals surface area contributed by atoms with E-state index in [-0.39, 0.29) is 36.7 Å². The molecule has 0 saturated carbocycles. The number of hydrogen-bond donors (Lipinski definition) is 1. The predicted molar refractivity (Wildman–Crippen MR) is 96.3 cm³/mol. The highest BCUT2D eigenvalue weighted by Gasteiger charge is 2.57. The Morgan fingerprint density at radius 3 is 2.55 bits per heavy atom. The third kappa shape index (κ3) is 3.94. The molecule has 3 rings (SSSR count). The van der Waals surface area contributed by atoms with Crippen molar-refractivity contribution in [3.05, 3.63) is 29.8 Å². The zero-order valence-corrected chi connectivity index (χ0v) is 16.0. The van der Waals surface area contributed by atoms with E-state index < -0.39 is 29.3 Å². The van der Waals surface area contributed by atoms with Gasteiger partial charge in [0.25, 0.3) is 5.91 Å². The van der Waals surface area contributed by atoms with Crippen molar-refractivity contribution in [3.8, 4) is 0 Å². The Balaban J connectivity index is 1.73. The lowest BCUT2D eigenvalue weighted by atomic mass is 9.79. The monoisotopic (exact) mass is 419 g/mol. The van der Waals surface area contributed by atoms with Crippen molar-refractivity contribution >= 4 is 17.8 Å². The average Bonchev–Trinajstić information content (AvgIpc) is 3.09. The number of alkyl halides is 3. The smallest absolute Gasteiger partial charge is 0.373 e. The SMILES string of the molecule is C[C@@H]1CN(C(=O)[C@@](C)(O)C(F)(F)F)CC[C@@H]1C1CC=NN1c1ccc(F)cc1F. The summed E-state index contributed by atoms with van der Waals surface area (Å²) in [6, 6.07) is 2.94. The van der Waals surface area contributed by atoms with Crippen molar-refractivity contribution in [3.63, 3.8) is 0 Å². The van der Waals surface area contributed by atoms with Gasteiger partial charge in [-0.3, -0.25) is 9.80 Å². The minimum atomic E-state index is -5.07. The fourth-order valence-corrected chi connectivity index (χ4v) is 4.04. The Bertz CT molecular complexity index is 812. The predicted octanol–water partition coefficient (Wildman–Crippen LogP) is 3.33. The van der Waals surface area contributed by atoms with Gasteiger partial charge >= 0.3 is 6.18 Å². The average molecular weight is 419 g/mol. The van der Waals surface area contributed by atoms with Crippen LogP contribution in [0.1, 0.15) is 26.7 Å². The van der Waals surface area contributed by atoms with Crippen LogP contribution in [-0.4, -0.2) is 53.0 Å². The number of carbonyl (C=O) groups is 1. The van der Waals surface area contributed by atoms with Gasteiger partial charge in [0.1, 0.15) is 5.82 Å². The molecule has 5 nitrogen and oxygen atoms in total. The van der Waals surface area contributed by atoms with E-state index >= 15 is 0 Å². The molecule has 1 aromatic carbocycles. The van der Waals surface area contributed by atoms with E-state index in [1.165, 1.54) is 11.1 Å². The van der Waals surface area contributed by atoms with Gasteiger partial charge in [-0.2, -0.15) is 18.3 Å². The minimum absolute atomic E-state index is 0.0337. The summed E-state index contributed by atoms with van der Waals surface area (Å²) in [5.74, 6) is -3.13. The molecule has 1 saturated heterocycles. The van der Waals surface area contributed by atoms with E-state index in [9.17, 15) is 31.9 Å². The number of nitrogens with zero attached hydrogens (tertiary/aromatic N) is 3. The fourth-order valence-electron chi connectivity index (χ4n) is 4.04. The normalized spacial score (nSPS) is 27.2. The topological polar surface area (TPSA) is 56.1 Å². The van der Waals surface area contributed by atoms with Gasteiger partial charge in [0.05, 0.1) is 11.7 Å². The van der Waals surface area contributed by atoms with Gasteiger partial charge in [0.2, 0.25) is 5.60 Å². The van der Waals surface area contributed by atoms with Crippen LogP contribution < -0.4 is 5.01 Å². The van der Waals surface area contributed by atoms with Gasteiger partial charge in [-0.15, -0.1) is 0 Å². The van der Waals surface area contributed by atoms with Gasteiger partial charge in [0, 0.05) is 31.8 Å². The molecule has 0 aromatic heterocycles. The summed E-state index contributed by atoms with van der Waals surface area (Å²) in [7, 11) is 0. The van der Waals surface area contributed by atoms with E-state index in [1.54, 1.807) is 13.1 Å². The van der Waals surface area contributed by atoms with E-state index in [0.29, 0.717) is 19.8 Å². The second kappa shape index (κ2) is 7.55. The molecule has 1 unspecified atom stereocenters. The van der Waals surface area contributed by atoms with Crippen LogP contribution in [0.4, 0.5) is 27.6 Å². The summed E-state index contributed by atoms with van der Waals surface area (Å²) in [6.45, 7) is 2.32. The van der Waals surface area contributed by atoms with Crippen LogP contribution in [0.5, 0.6) is 0 Å². The molecular formula is C19H22F5N3O2. The zero-order chi connectivity index (χ0) is 21.6. The summed E-state index contributed by atoms with van der Waals surface area (Å²) in [4.78, 5) is 13.3. The van der Waals surface area contributed by atoms with Crippen molar-refractivity contribution in [2.75, 3.05) is 18.1 Å².